The fourth-order valence-corrected chi connectivity index (χ4v) is 12.1. The Morgan fingerprint density at radius 1 is 0.412 bits per heavy atom. The minimum Gasteiger partial charge on any atom is -0.310 e. The number of hydrogen-bond acceptors (Lipinski definition) is 1. The lowest BCUT2D eigenvalue weighted by molar-refractivity contribution is 0.660. The minimum atomic E-state index is -0.213. The lowest BCUT2D eigenvalue weighted by Crippen LogP contribution is -2.17. The fraction of sp³-hybridized carbons (Fsp3) is 0.121. The molecule has 0 radical (unpaired) electrons. The highest BCUT2D eigenvalue weighted by molar-refractivity contribution is 6.11. The van der Waals surface area contributed by atoms with Gasteiger partial charge in [0.15, 0.2) is 0 Å². The van der Waals surface area contributed by atoms with Gasteiger partial charge in [-0.25, -0.2) is 0 Å². The monoisotopic (exact) mass is 872 g/mol. The first-order chi connectivity index (χ1) is 33.3. The van der Waals surface area contributed by atoms with Crippen molar-refractivity contribution in [3.63, 3.8) is 0 Å². The minimum absolute atomic E-state index is 0.106. The molecule has 1 heterocycles. The van der Waals surface area contributed by atoms with E-state index in [0.717, 1.165) is 29.9 Å². The molecular formula is C66H52N2. The van der Waals surface area contributed by atoms with Crippen LogP contribution in [0.25, 0.3) is 77.6 Å². The Bertz CT molecular complexity index is 3710. The Morgan fingerprint density at radius 3 is 1.75 bits per heavy atom. The Balaban J connectivity index is 0.941. The number of hydrogen-bond donors (Lipinski definition) is 0. The van der Waals surface area contributed by atoms with E-state index in [1.165, 1.54) is 105 Å². The second-order valence-electron chi connectivity index (χ2n) is 20.0. The van der Waals surface area contributed by atoms with Crippen molar-refractivity contribution in [1.29, 1.82) is 0 Å². The van der Waals surface area contributed by atoms with Crippen LogP contribution in [0, 0.1) is 0 Å². The van der Waals surface area contributed by atoms with Gasteiger partial charge in [0.1, 0.15) is 0 Å². The molecule has 326 valence electrons. The van der Waals surface area contributed by atoms with E-state index in [-0.39, 0.29) is 10.8 Å². The van der Waals surface area contributed by atoms with Crippen LogP contribution in [0.4, 0.5) is 17.1 Å². The zero-order valence-corrected chi connectivity index (χ0v) is 39.1. The van der Waals surface area contributed by atoms with Gasteiger partial charge in [-0.3, -0.25) is 0 Å². The molecule has 0 bridgehead atoms. The molecule has 0 aliphatic heterocycles. The molecule has 1 aromatic heterocycles. The van der Waals surface area contributed by atoms with Crippen LogP contribution in [0.3, 0.4) is 0 Å². The highest BCUT2D eigenvalue weighted by Gasteiger charge is 2.40. The van der Waals surface area contributed by atoms with Crippen molar-refractivity contribution in [2.24, 2.45) is 0 Å². The highest BCUT2D eigenvalue weighted by Crippen LogP contribution is 2.56. The van der Waals surface area contributed by atoms with E-state index >= 15 is 0 Å². The summed E-state index contributed by atoms with van der Waals surface area (Å²) < 4.78 is 2.40. The van der Waals surface area contributed by atoms with E-state index < -0.39 is 0 Å². The van der Waals surface area contributed by atoms with Crippen molar-refractivity contribution >= 4 is 44.4 Å². The zero-order chi connectivity index (χ0) is 45.7. The fourth-order valence-electron chi connectivity index (χ4n) is 12.1. The molecule has 3 aliphatic rings. The molecular weight excluding hydrogens is 821 g/mol. The summed E-state index contributed by atoms with van der Waals surface area (Å²) in [6, 6.07) is 75.0. The van der Waals surface area contributed by atoms with Gasteiger partial charge in [-0.2, -0.15) is 0 Å². The van der Waals surface area contributed by atoms with Crippen molar-refractivity contribution in [2.75, 3.05) is 4.90 Å². The molecule has 0 amide bonds. The van der Waals surface area contributed by atoms with Gasteiger partial charge >= 0.3 is 0 Å². The first-order valence-electron chi connectivity index (χ1n) is 24.2. The van der Waals surface area contributed by atoms with E-state index in [0.29, 0.717) is 0 Å². The second kappa shape index (κ2) is 15.3. The largest absolute Gasteiger partial charge is 0.310 e. The maximum absolute atomic E-state index is 2.44. The van der Waals surface area contributed by atoms with Crippen LogP contribution >= 0.6 is 0 Å². The standard InChI is InChI=1S/C66H52N2/c1-65(2)58-24-14-11-21-53(58)54-37-36-50(42-60(54)65)67(48-32-27-44(28-33-48)43-17-7-5-8-18-43)49-34-29-45(30-35-49)52-39-38-51(63-56-23-12-15-25-59(56)66(3,4)64(52)63)46-31-40-62-57(41-46)55-22-13-16-26-61(55)68(62)47-19-9-6-10-20-47/h6-7,9-42H,5,8H2,1-4H3. The number of benzene rings is 9. The molecule has 9 aromatic carbocycles. The Labute approximate surface area is 399 Å². The maximum atomic E-state index is 2.44. The Morgan fingerprint density at radius 2 is 1.00 bits per heavy atom. The molecule has 3 aliphatic carbocycles. The number of aromatic nitrogens is 1. The molecule has 68 heavy (non-hydrogen) atoms. The van der Waals surface area contributed by atoms with Crippen LogP contribution in [-0.4, -0.2) is 4.57 Å². The molecule has 0 spiro atoms. The number of nitrogens with zero attached hydrogens (tertiary/aromatic N) is 2. The predicted octanol–water partition coefficient (Wildman–Crippen LogP) is 17.9. The van der Waals surface area contributed by atoms with Crippen LogP contribution in [-0.2, 0) is 10.8 Å². The van der Waals surface area contributed by atoms with Crippen LogP contribution in [0.1, 0.15) is 68.4 Å². The molecule has 2 nitrogen and oxygen atoms in total. The van der Waals surface area contributed by atoms with Gasteiger partial charge in [0.05, 0.1) is 11.0 Å². The summed E-state index contributed by atoms with van der Waals surface area (Å²) in [5.41, 5.74) is 25.1. The number of fused-ring (bicyclic) bond motifs is 9. The Kier molecular flexibility index (Phi) is 9.08. The quantitative estimate of drug-likeness (QED) is 0.155. The summed E-state index contributed by atoms with van der Waals surface area (Å²) in [4.78, 5) is 2.44. The maximum Gasteiger partial charge on any atom is 0.0541 e. The van der Waals surface area contributed by atoms with Crippen molar-refractivity contribution in [2.45, 2.75) is 51.4 Å². The topological polar surface area (TPSA) is 8.17 Å². The van der Waals surface area contributed by atoms with Crippen molar-refractivity contribution in [3.8, 4) is 50.2 Å². The van der Waals surface area contributed by atoms with Crippen molar-refractivity contribution in [1.82, 2.24) is 4.57 Å². The van der Waals surface area contributed by atoms with E-state index in [9.17, 15) is 0 Å². The van der Waals surface area contributed by atoms with Crippen molar-refractivity contribution < 1.29 is 0 Å². The molecule has 10 aromatic rings. The van der Waals surface area contributed by atoms with E-state index in [1.54, 1.807) is 0 Å². The summed E-state index contributed by atoms with van der Waals surface area (Å²) >= 11 is 0. The van der Waals surface area contributed by atoms with Gasteiger partial charge in [0.25, 0.3) is 0 Å². The summed E-state index contributed by atoms with van der Waals surface area (Å²) in [6.07, 6.45) is 9.11. The van der Waals surface area contributed by atoms with Gasteiger partial charge in [-0.1, -0.05) is 179 Å². The average molecular weight is 873 g/mol. The molecule has 13 rings (SSSR count). The van der Waals surface area contributed by atoms with Crippen LogP contribution in [0.2, 0.25) is 0 Å². The predicted molar refractivity (Wildman–Crippen MR) is 288 cm³/mol. The molecule has 0 unspecified atom stereocenters. The van der Waals surface area contributed by atoms with Gasteiger partial charge in [-0.05, 0) is 157 Å². The Hall–Kier alpha value is -7.94. The van der Waals surface area contributed by atoms with Crippen molar-refractivity contribution in [3.05, 3.63) is 246 Å². The second-order valence-corrected chi connectivity index (χ2v) is 20.0. The third kappa shape index (κ3) is 6.10. The van der Waals surface area contributed by atoms with Gasteiger partial charge in [0, 0.05) is 44.4 Å². The summed E-state index contributed by atoms with van der Waals surface area (Å²) in [6.45, 7) is 9.56. The van der Waals surface area contributed by atoms with Gasteiger partial charge < -0.3 is 9.47 Å². The summed E-state index contributed by atoms with van der Waals surface area (Å²) in [7, 11) is 0. The third-order valence-electron chi connectivity index (χ3n) is 15.4. The number of para-hydroxylation sites is 2. The lowest BCUT2D eigenvalue weighted by Gasteiger charge is -2.29. The van der Waals surface area contributed by atoms with Gasteiger partial charge in [0.2, 0.25) is 0 Å². The van der Waals surface area contributed by atoms with E-state index in [1.807, 2.05) is 0 Å². The lowest BCUT2D eigenvalue weighted by atomic mass is 9.78. The van der Waals surface area contributed by atoms with Gasteiger partial charge in [-0.15, -0.1) is 0 Å². The van der Waals surface area contributed by atoms with Crippen LogP contribution in [0.15, 0.2) is 218 Å². The smallest absolute Gasteiger partial charge is 0.0541 e. The molecule has 0 fully saturated rings. The number of rotatable bonds is 7. The molecule has 0 saturated carbocycles. The summed E-state index contributed by atoms with van der Waals surface area (Å²) in [5.74, 6) is 0. The molecule has 0 atom stereocenters. The molecule has 2 heteroatoms. The van der Waals surface area contributed by atoms with E-state index in [2.05, 4.69) is 256 Å². The normalized spacial score (nSPS) is 14.9. The average Bonchev–Trinajstić information content (AvgIpc) is 3.94. The molecule has 0 N–H and O–H groups in total. The first-order valence-corrected chi connectivity index (χ1v) is 24.2. The SMILES string of the molecule is CC1(C)c2ccccc2-c2ccc(N(c3ccc(C4=CCCC=C4)cc3)c3ccc(-c4ccc(-c5ccc6c(c5)c5ccccc5n6-c5ccccc5)c5c4C(C)(C)c4ccccc4-5)cc3)cc21. The number of allylic oxidation sites excluding steroid dienone is 4. The summed E-state index contributed by atoms with van der Waals surface area (Å²) in [5, 5.41) is 2.53. The third-order valence-corrected chi connectivity index (χ3v) is 15.4. The zero-order valence-electron chi connectivity index (χ0n) is 39.1. The van der Waals surface area contributed by atoms with Crippen LogP contribution in [0.5, 0.6) is 0 Å². The molecule has 0 saturated heterocycles. The number of anilines is 3. The first kappa shape index (κ1) is 40.3. The van der Waals surface area contributed by atoms with Crippen LogP contribution < -0.4 is 4.90 Å². The highest BCUT2D eigenvalue weighted by atomic mass is 15.1. The van der Waals surface area contributed by atoms with E-state index in [4.69, 9.17) is 0 Å².